The standard InChI is InChI=1S/C13H18N4O4S/c1-11(6-8-14)16(2)22(20,21)15-9-7-12-4-3-5-13(10-12)17(18)19/h3-5,10-11,15H,6-7,9H2,1-2H3/t11-/m0/s1. The summed E-state index contributed by atoms with van der Waals surface area (Å²) >= 11 is 0. The van der Waals surface area contributed by atoms with E-state index in [-0.39, 0.29) is 18.7 Å². The molecule has 0 unspecified atom stereocenters. The van der Waals surface area contributed by atoms with Crippen LogP contribution in [0.25, 0.3) is 0 Å². The molecule has 0 aliphatic heterocycles. The molecule has 0 amide bonds. The Bertz CT molecular complexity index is 669. The van der Waals surface area contributed by atoms with Crippen LogP contribution < -0.4 is 4.72 Å². The van der Waals surface area contributed by atoms with Gasteiger partial charge in [0.15, 0.2) is 0 Å². The Morgan fingerprint density at radius 3 is 2.77 bits per heavy atom. The number of non-ortho nitro benzene ring substituents is 1. The number of nitro benzene ring substituents is 1. The molecule has 1 atom stereocenters. The van der Waals surface area contributed by atoms with Gasteiger partial charge in [0.05, 0.1) is 17.4 Å². The zero-order valence-electron chi connectivity index (χ0n) is 12.4. The van der Waals surface area contributed by atoms with Crippen LogP contribution in [0, 0.1) is 21.4 Å². The average Bonchev–Trinajstić information content (AvgIpc) is 2.46. The molecule has 0 fully saturated rings. The van der Waals surface area contributed by atoms with Crippen molar-refractivity contribution in [3.8, 4) is 6.07 Å². The van der Waals surface area contributed by atoms with Crippen LogP contribution in [0.1, 0.15) is 18.9 Å². The maximum atomic E-state index is 12.0. The predicted molar refractivity (Wildman–Crippen MR) is 81.2 cm³/mol. The summed E-state index contributed by atoms with van der Waals surface area (Å²) in [4.78, 5) is 10.2. The lowest BCUT2D eigenvalue weighted by Crippen LogP contribution is -2.43. The molecule has 0 bridgehead atoms. The minimum Gasteiger partial charge on any atom is -0.258 e. The van der Waals surface area contributed by atoms with Crippen LogP contribution in [0.15, 0.2) is 24.3 Å². The fourth-order valence-corrected chi connectivity index (χ4v) is 2.86. The Morgan fingerprint density at radius 2 is 2.18 bits per heavy atom. The minimum absolute atomic E-state index is 0.0277. The highest BCUT2D eigenvalue weighted by molar-refractivity contribution is 7.87. The summed E-state index contributed by atoms with van der Waals surface area (Å²) in [5.41, 5.74) is 0.643. The van der Waals surface area contributed by atoms with Crippen LogP contribution in [-0.4, -0.2) is 37.3 Å². The number of hydrogen-bond donors (Lipinski definition) is 1. The molecule has 0 saturated carbocycles. The number of rotatable bonds is 8. The van der Waals surface area contributed by atoms with E-state index in [4.69, 9.17) is 5.26 Å². The van der Waals surface area contributed by atoms with Crippen molar-refractivity contribution in [1.29, 1.82) is 5.26 Å². The number of hydrogen-bond acceptors (Lipinski definition) is 5. The molecule has 1 rings (SSSR count). The maximum absolute atomic E-state index is 12.0. The van der Waals surface area contributed by atoms with E-state index in [0.29, 0.717) is 12.0 Å². The van der Waals surface area contributed by atoms with Gasteiger partial charge < -0.3 is 0 Å². The Hall–Kier alpha value is -2.02. The maximum Gasteiger partial charge on any atom is 0.279 e. The van der Waals surface area contributed by atoms with Gasteiger partial charge in [-0.2, -0.15) is 18.0 Å². The lowest BCUT2D eigenvalue weighted by Gasteiger charge is -2.22. The van der Waals surface area contributed by atoms with E-state index < -0.39 is 21.2 Å². The van der Waals surface area contributed by atoms with Gasteiger partial charge in [-0.1, -0.05) is 12.1 Å². The molecular formula is C13H18N4O4S. The molecule has 9 heteroatoms. The van der Waals surface area contributed by atoms with Gasteiger partial charge in [-0.05, 0) is 18.9 Å². The average molecular weight is 326 g/mol. The molecular weight excluding hydrogens is 308 g/mol. The van der Waals surface area contributed by atoms with Crippen molar-refractivity contribution in [2.75, 3.05) is 13.6 Å². The summed E-state index contributed by atoms with van der Waals surface area (Å²) in [6.45, 7) is 1.76. The van der Waals surface area contributed by atoms with E-state index in [1.165, 1.54) is 19.2 Å². The van der Waals surface area contributed by atoms with E-state index in [9.17, 15) is 18.5 Å². The SMILES string of the molecule is C[C@@H](CC#N)N(C)S(=O)(=O)NCCc1cccc([N+](=O)[O-])c1. The van der Waals surface area contributed by atoms with Gasteiger partial charge in [-0.3, -0.25) is 10.1 Å². The second kappa shape index (κ2) is 7.84. The lowest BCUT2D eigenvalue weighted by atomic mass is 10.1. The van der Waals surface area contributed by atoms with Gasteiger partial charge in [0.2, 0.25) is 0 Å². The van der Waals surface area contributed by atoms with E-state index in [1.807, 2.05) is 6.07 Å². The highest BCUT2D eigenvalue weighted by Crippen LogP contribution is 2.13. The first kappa shape index (κ1) is 18.0. The highest BCUT2D eigenvalue weighted by atomic mass is 32.2. The molecule has 0 heterocycles. The van der Waals surface area contributed by atoms with Crippen LogP contribution in [0.3, 0.4) is 0 Å². The smallest absolute Gasteiger partial charge is 0.258 e. The zero-order chi connectivity index (χ0) is 16.8. The quantitative estimate of drug-likeness (QED) is 0.569. The van der Waals surface area contributed by atoms with E-state index in [1.54, 1.807) is 19.1 Å². The van der Waals surface area contributed by atoms with Gasteiger partial charge in [-0.15, -0.1) is 0 Å². The predicted octanol–water partition coefficient (Wildman–Crippen LogP) is 1.21. The van der Waals surface area contributed by atoms with E-state index in [2.05, 4.69) is 4.72 Å². The highest BCUT2D eigenvalue weighted by Gasteiger charge is 2.22. The molecule has 0 radical (unpaired) electrons. The van der Waals surface area contributed by atoms with Crippen LogP contribution in [0.5, 0.6) is 0 Å². The van der Waals surface area contributed by atoms with Crippen LogP contribution in [-0.2, 0) is 16.6 Å². The first-order valence-corrected chi connectivity index (χ1v) is 8.05. The molecule has 120 valence electrons. The van der Waals surface area contributed by atoms with Gasteiger partial charge >= 0.3 is 0 Å². The summed E-state index contributed by atoms with van der Waals surface area (Å²) < 4.78 is 27.5. The molecule has 22 heavy (non-hydrogen) atoms. The molecule has 0 aromatic heterocycles. The fourth-order valence-electron chi connectivity index (χ4n) is 1.75. The molecule has 0 aliphatic carbocycles. The Morgan fingerprint density at radius 1 is 1.50 bits per heavy atom. The summed E-state index contributed by atoms with van der Waals surface area (Å²) in [6.07, 6.45) is 0.434. The number of nitrogens with one attached hydrogen (secondary N) is 1. The topological polar surface area (TPSA) is 116 Å². The summed E-state index contributed by atoms with van der Waals surface area (Å²) in [5.74, 6) is 0. The Balaban J connectivity index is 2.61. The van der Waals surface area contributed by atoms with Crippen LogP contribution in [0.2, 0.25) is 0 Å². The third-order valence-electron chi connectivity index (χ3n) is 3.21. The molecule has 1 N–H and O–H groups in total. The second-order valence-electron chi connectivity index (χ2n) is 4.80. The molecule has 1 aromatic rings. The third-order valence-corrected chi connectivity index (χ3v) is 4.89. The molecule has 8 nitrogen and oxygen atoms in total. The van der Waals surface area contributed by atoms with Crippen molar-refractivity contribution in [3.05, 3.63) is 39.9 Å². The summed E-state index contributed by atoms with van der Waals surface area (Å²) in [5, 5.41) is 19.3. The largest absolute Gasteiger partial charge is 0.279 e. The van der Waals surface area contributed by atoms with Gasteiger partial charge in [0.1, 0.15) is 0 Å². The number of benzene rings is 1. The molecule has 0 saturated heterocycles. The Kier molecular flexibility index (Phi) is 6.42. The van der Waals surface area contributed by atoms with Crippen molar-refractivity contribution < 1.29 is 13.3 Å². The fraction of sp³-hybridized carbons (Fsp3) is 0.462. The van der Waals surface area contributed by atoms with E-state index >= 15 is 0 Å². The molecule has 0 aliphatic rings. The zero-order valence-corrected chi connectivity index (χ0v) is 13.2. The van der Waals surface area contributed by atoms with E-state index in [0.717, 1.165) is 4.31 Å². The van der Waals surface area contributed by atoms with Crippen molar-refractivity contribution in [2.45, 2.75) is 25.8 Å². The van der Waals surface area contributed by atoms with Crippen LogP contribution >= 0.6 is 0 Å². The summed E-state index contributed by atoms with van der Waals surface area (Å²) in [7, 11) is -2.28. The first-order chi connectivity index (χ1) is 10.3. The second-order valence-corrected chi connectivity index (χ2v) is 6.62. The van der Waals surface area contributed by atoms with Crippen molar-refractivity contribution in [1.82, 2.24) is 9.03 Å². The lowest BCUT2D eigenvalue weighted by molar-refractivity contribution is -0.384. The monoisotopic (exact) mass is 326 g/mol. The third kappa shape index (κ3) is 5.07. The van der Waals surface area contributed by atoms with Crippen molar-refractivity contribution >= 4 is 15.9 Å². The normalized spacial score (nSPS) is 12.8. The number of nitro groups is 1. The van der Waals surface area contributed by atoms with Gasteiger partial charge in [-0.25, -0.2) is 4.72 Å². The Labute approximate surface area is 129 Å². The number of nitriles is 1. The van der Waals surface area contributed by atoms with Crippen molar-refractivity contribution in [3.63, 3.8) is 0 Å². The summed E-state index contributed by atoms with van der Waals surface area (Å²) in [6, 6.07) is 7.54. The van der Waals surface area contributed by atoms with Gasteiger partial charge in [0, 0.05) is 31.8 Å². The van der Waals surface area contributed by atoms with Crippen LogP contribution in [0.4, 0.5) is 5.69 Å². The molecule has 1 aromatic carbocycles. The van der Waals surface area contributed by atoms with Crippen molar-refractivity contribution in [2.24, 2.45) is 0 Å². The minimum atomic E-state index is -3.68. The van der Waals surface area contributed by atoms with Gasteiger partial charge in [0.25, 0.3) is 15.9 Å². The molecule has 0 spiro atoms. The number of nitrogens with zero attached hydrogens (tertiary/aromatic N) is 3. The first-order valence-electron chi connectivity index (χ1n) is 6.61.